The van der Waals surface area contributed by atoms with Gasteiger partial charge in [0.15, 0.2) is 5.12 Å². The molecule has 0 unspecified atom stereocenters. The van der Waals surface area contributed by atoms with Crippen LogP contribution in [0.25, 0.3) is 0 Å². The summed E-state index contributed by atoms with van der Waals surface area (Å²) in [5.74, 6) is 5.21. The minimum Gasteiger partial charge on any atom is -0.288 e. The maximum atomic E-state index is 12.4. The lowest BCUT2D eigenvalue weighted by Gasteiger charge is -2.06. The Morgan fingerprint density at radius 1 is 1.56 bits per heavy atom. The number of nitrogens with zero attached hydrogens (tertiary/aromatic N) is 1. The molecule has 0 aromatic carbocycles. The fourth-order valence-electron chi connectivity index (χ4n) is 0.960. The van der Waals surface area contributed by atoms with E-state index in [1.807, 2.05) is 0 Å². The molecule has 0 N–H and O–H groups in total. The zero-order chi connectivity index (χ0) is 13.8. The average Bonchev–Trinajstić information content (AvgIpc) is 2.24. The van der Waals surface area contributed by atoms with Gasteiger partial charge in [0.1, 0.15) is 5.15 Å². The number of pyridine rings is 1. The molecule has 0 saturated heterocycles. The van der Waals surface area contributed by atoms with Gasteiger partial charge < -0.3 is 0 Å². The number of hydrogen-bond donors (Lipinski definition) is 0. The van der Waals surface area contributed by atoms with Gasteiger partial charge in [-0.3, -0.25) is 4.79 Å². The Morgan fingerprint density at radius 2 is 2.22 bits per heavy atom. The summed E-state index contributed by atoms with van der Waals surface area (Å²) in [6.07, 6.45) is -3.83. The molecule has 1 rings (SSSR count). The maximum absolute atomic E-state index is 12.4. The molecule has 0 saturated carbocycles. The number of carbonyl (C=O) groups is 1. The molecule has 0 atom stereocenters. The van der Waals surface area contributed by atoms with Crippen molar-refractivity contribution in [1.29, 1.82) is 0 Å². The Hall–Kier alpha value is -1.19. The average molecular weight is 294 g/mol. The second-order valence-corrected chi connectivity index (χ2v) is 4.65. The zero-order valence-electron chi connectivity index (χ0n) is 9.14. The minimum absolute atomic E-state index is 0.00403. The van der Waals surface area contributed by atoms with Crippen LogP contribution in [0.15, 0.2) is 12.3 Å². The lowest BCUT2D eigenvalue weighted by atomic mass is 10.2. The van der Waals surface area contributed by atoms with Gasteiger partial charge in [-0.2, -0.15) is 13.2 Å². The Kier molecular flexibility index (Phi) is 5.05. The summed E-state index contributed by atoms with van der Waals surface area (Å²) in [4.78, 5) is 14.0. The molecule has 96 valence electrons. The standard InChI is InChI=1S/C11H7ClF3NOS/c1-7(17)18-4-2-3-8-5-9(11(13,14)15)6-16-10(8)12/h5-6H,4H2,1H3. The van der Waals surface area contributed by atoms with Crippen LogP contribution in [-0.4, -0.2) is 15.9 Å². The van der Waals surface area contributed by atoms with Gasteiger partial charge in [-0.05, 0) is 6.07 Å². The van der Waals surface area contributed by atoms with Crippen LogP contribution in [0.1, 0.15) is 18.1 Å². The first-order chi connectivity index (χ1) is 8.30. The Balaban J connectivity index is 2.91. The van der Waals surface area contributed by atoms with Gasteiger partial charge in [-0.1, -0.05) is 35.2 Å². The molecule has 0 radical (unpaired) electrons. The van der Waals surface area contributed by atoms with Crippen LogP contribution in [0, 0.1) is 11.8 Å². The van der Waals surface area contributed by atoms with Crippen molar-refractivity contribution < 1.29 is 18.0 Å². The summed E-state index contributed by atoms with van der Waals surface area (Å²) in [5.41, 5.74) is -0.911. The number of aromatic nitrogens is 1. The third-order valence-electron chi connectivity index (χ3n) is 1.74. The van der Waals surface area contributed by atoms with Crippen LogP contribution in [0.2, 0.25) is 5.15 Å². The molecule has 2 nitrogen and oxygen atoms in total. The normalized spacial score (nSPS) is 10.7. The monoisotopic (exact) mass is 293 g/mol. The smallest absolute Gasteiger partial charge is 0.288 e. The van der Waals surface area contributed by atoms with Gasteiger partial charge in [0.25, 0.3) is 0 Å². The third kappa shape index (κ3) is 4.59. The Morgan fingerprint density at radius 3 is 2.78 bits per heavy atom. The summed E-state index contributed by atoms with van der Waals surface area (Å²) in [6, 6.07) is 0.834. The van der Waals surface area contributed by atoms with E-state index in [0.717, 1.165) is 17.8 Å². The topological polar surface area (TPSA) is 30.0 Å². The van der Waals surface area contributed by atoms with Crippen molar-refractivity contribution in [3.05, 3.63) is 28.5 Å². The lowest BCUT2D eigenvalue weighted by molar-refractivity contribution is -0.137. The van der Waals surface area contributed by atoms with Crippen molar-refractivity contribution in [2.45, 2.75) is 13.1 Å². The first-order valence-electron chi connectivity index (χ1n) is 4.65. The molecule has 0 aliphatic rings. The van der Waals surface area contributed by atoms with E-state index < -0.39 is 11.7 Å². The van der Waals surface area contributed by atoms with Gasteiger partial charge >= 0.3 is 6.18 Å². The van der Waals surface area contributed by atoms with Crippen LogP contribution < -0.4 is 0 Å². The van der Waals surface area contributed by atoms with Crippen molar-refractivity contribution in [3.8, 4) is 11.8 Å². The van der Waals surface area contributed by atoms with E-state index in [0.29, 0.717) is 6.20 Å². The fourth-order valence-corrected chi connectivity index (χ4v) is 1.46. The predicted molar refractivity (Wildman–Crippen MR) is 64.3 cm³/mol. The van der Waals surface area contributed by atoms with E-state index in [-0.39, 0.29) is 21.6 Å². The summed E-state index contributed by atoms with van der Waals surface area (Å²) in [5, 5.41) is -0.208. The van der Waals surface area contributed by atoms with Crippen molar-refractivity contribution in [2.24, 2.45) is 0 Å². The molecule has 0 aliphatic heterocycles. The molecule has 1 aromatic heterocycles. The van der Waals surface area contributed by atoms with E-state index in [9.17, 15) is 18.0 Å². The van der Waals surface area contributed by atoms with E-state index in [1.54, 1.807) is 0 Å². The van der Waals surface area contributed by atoms with Gasteiger partial charge in [0.2, 0.25) is 0 Å². The molecule has 7 heteroatoms. The molecule has 0 amide bonds. The quantitative estimate of drug-likeness (QED) is 0.587. The number of carbonyl (C=O) groups excluding carboxylic acids is 1. The zero-order valence-corrected chi connectivity index (χ0v) is 10.7. The van der Waals surface area contributed by atoms with Crippen LogP contribution >= 0.6 is 23.4 Å². The molecule has 1 heterocycles. The van der Waals surface area contributed by atoms with E-state index in [1.165, 1.54) is 6.92 Å². The van der Waals surface area contributed by atoms with E-state index >= 15 is 0 Å². The predicted octanol–water partition coefficient (Wildman–Crippen LogP) is 3.39. The summed E-state index contributed by atoms with van der Waals surface area (Å²) in [7, 11) is 0. The number of thioether (sulfide) groups is 1. The number of rotatable bonds is 1. The fraction of sp³-hybridized carbons (Fsp3) is 0.273. The molecule has 18 heavy (non-hydrogen) atoms. The Bertz CT molecular complexity index is 519. The first-order valence-corrected chi connectivity index (χ1v) is 6.02. The molecule has 0 bridgehead atoms. The molecule has 0 fully saturated rings. The van der Waals surface area contributed by atoms with E-state index in [2.05, 4.69) is 16.8 Å². The molecule has 0 aliphatic carbocycles. The highest BCUT2D eigenvalue weighted by Gasteiger charge is 2.31. The minimum atomic E-state index is -4.48. The number of hydrogen-bond acceptors (Lipinski definition) is 3. The second kappa shape index (κ2) is 6.12. The van der Waals surface area contributed by atoms with Gasteiger partial charge in [-0.15, -0.1) is 0 Å². The highest BCUT2D eigenvalue weighted by molar-refractivity contribution is 8.13. The second-order valence-electron chi connectivity index (χ2n) is 3.14. The molecular weight excluding hydrogens is 287 g/mol. The van der Waals surface area contributed by atoms with Crippen molar-refractivity contribution in [2.75, 3.05) is 5.75 Å². The summed E-state index contributed by atoms with van der Waals surface area (Å²) in [6.45, 7) is 1.38. The van der Waals surface area contributed by atoms with Gasteiger partial charge in [0, 0.05) is 13.1 Å². The van der Waals surface area contributed by atoms with Crippen molar-refractivity contribution in [3.63, 3.8) is 0 Å². The first kappa shape index (κ1) is 14.9. The van der Waals surface area contributed by atoms with E-state index in [4.69, 9.17) is 11.6 Å². The Labute approximate surface area is 111 Å². The SMILES string of the molecule is CC(=O)SCC#Cc1cc(C(F)(F)F)cnc1Cl. The largest absolute Gasteiger partial charge is 0.417 e. The molecule has 1 aromatic rings. The highest BCUT2D eigenvalue weighted by Crippen LogP contribution is 2.30. The molecule has 0 spiro atoms. The van der Waals surface area contributed by atoms with Gasteiger partial charge in [0.05, 0.1) is 16.9 Å². The van der Waals surface area contributed by atoms with Crippen LogP contribution in [-0.2, 0) is 11.0 Å². The summed E-state index contributed by atoms with van der Waals surface area (Å²) < 4.78 is 37.2. The maximum Gasteiger partial charge on any atom is 0.417 e. The molecular formula is C11H7ClF3NOS. The third-order valence-corrected chi connectivity index (χ3v) is 2.73. The highest BCUT2D eigenvalue weighted by atomic mass is 35.5. The van der Waals surface area contributed by atoms with Crippen molar-refractivity contribution >= 4 is 28.5 Å². The van der Waals surface area contributed by atoms with Crippen LogP contribution in [0.4, 0.5) is 13.2 Å². The van der Waals surface area contributed by atoms with Crippen LogP contribution in [0.3, 0.4) is 0 Å². The van der Waals surface area contributed by atoms with Gasteiger partial charge in [-0.25, -0.2) is 4.98 Å². The summed E-state index contributed by atoms with van der Waals surface area (Å²) >= 11 is 6.60. The number of alkyl halides is 3. The number of halogens is 4. The van der Waals surface area contributed by atoms with Crippen LogP contribution in [0.5, 0.6) is 0 Å². The lowest BCUT2D eigenvalue weighted by Crippen LogP contribution is -2.06. The van der Waals surface area contributed by atoms with Crippen molar-refractivity contribution in [1.82, 2.24) is 4.98 Å².